The summed E-state index contributed by atoms with van der Waals surface area (Å²) in [5.74, 6) is -1.85. The largest absolute Gasteiger partial charge is 0.493 e. The first-order chi connectivity index (χ1) is 17.4. The number of hydrogen-bond donors (Lipinski definition) is 4. The van der Waals surface area contributed by atoms with Crippen molar-refractivity contribution in [2.75, 3.05) is 6.61 Å². The monoisotopic (exact) mass is 490 g/mol. The molecular weight excluding hydrogens is 464 g/mol. The van der Waals surface area contributed by atoms with Crippen molar-refractivity contribution in [2.45, 2.75) is 37.3 Å². The molecular formula is C26H26N4O6. The summed E-state index contributed by atoms with van der Waals surface area (Å²) in [5, 5.41) is 14.9. The second-order valence-electron chi connectivity index (χ2n) is 8.60. The Morgan fingerprint density at radius 2 is 1.92 bits per heavy atom. The number of carboxylic acids is 1. The Hall–Kier alpha value is -4.47. The van der Waals surface area contributed by atoms with E-state index in [-0.39, 0.29) is 37.7 Å². The van der Waals surface area contributed by atoms with Gasteiger partial charge in [-0.15, -0.1) is 0 Å². The fourth-order valence-electron chi connectivity index (χ4n) is 4.16. The number of aromatic nitrogens is 2. The van der Waals surface area contributed by atoms with Crippen LogP contribution >= 0.6 is 0 Å². The number of aromatic amines is 1. The van der Waals surface area contributed by atoms with Gasteiger partial charge in [0, 0.05) is 42.5 Å². The highest BCUT2D eigenvalue weighted by molar-refractivity contribution is 5.91. The van der Waals surface area contributed by atoms with Crippen LogP contribution in [0.2, 0.25) is 0 Å². The van der Waals surface area contributed by atoms with E-state index in [1.807, 2.05) is 30.3 Å². The van der Waals surface area contributed by atoms with Gasteiger partial charge in [0.2, 0.25) is 11.8 Å². The maximum atomic E-state index is 13.2. The smallest absolute Gasteiger partial charge is 0.326 e. The summed E-state index contributed by atoms with van der Waals surface area (Å²) < 4.78 is 5.64. The van der Waals surface area contributed by atoms with Crippen molar-refractivity contribution in [1.29, 1.82) is 0 Å². The zero-order valence-electron chi connectivity index (χ0n) is 19.3. The lowest BCUT2D eigenvalue weighted by Gasteiger charge is -2.22. The molecule has 2 heterocycles. The molecule has 4 N–H and O–H groups in total. The van der Waals surface area contributed by atoms with Crippen LogP contribution < -0.4 is 15.4 Å². The minimum absolute atomic E-state index is 0.00810. The van der Waals surface area contributed by atoms with E-state index in [0.29, 0.717) is 17.0 Å². The standard InChI is InChI=1S/C26H26N4O6/c31-13-17-6-7-23-20(8-17)18(14-36-23)10-24(32)29-21(9-16-4-2-1-3-5-16)25(33)30-22(26(34)35)11-19-12-27-15-28-19/h1-8,12-13,15,18,21-22H,9-11,14H2,(H,27,28)(H,29,32)(H,30,33)(H,34,35)/t18?,21-,22-/m0/s1. The van der Waals surface area contributed by atoms with Crippen LogP contribution in [-0.2, 0) is 27.2 Å². The molecule has 0 fully saturated rings. The zero-order chi connectivity index (χ0) is 25.5. The number of aliphatic carboxylic acids is 1. The molecule has 0 saturated carbocycles. The molecule has 1 unspecified atom stereocenters. The number of rotatable bonds is 11. The number of fused-ring (bicyclic) bond motifs is 1. The second-order valence-corrected chi connectivity index (χ2v) is 8.60. The highest BCUT2D eigenvalue weighted by atomic mass is 16.5. The predicted octanol–water partition coefficient (Wildman–Crippen LogP) is 1.63. The number of hydrogen-bond acceptors (Lipinski definition) is 6. The Kier molecular flexibility index (Phi) is 7.74. The average molecular weight is 491 g/mol. The van der Waals surface area contributed by atoms with Gasteiger partial charge in [-0.1, -0.05) is 30.3 Å². The van der Waals surface area contributed by atoms with Crippen molar-refractivity contribution in [1.82, 2.24) is 20.6 Å². The molecule has 0 radical (unpaired) electrons. The highest BCUT2D eigenvalue weighted by Gasteiger charge is 2.30. The van der Waals surface area contributed by atoms with Crippen LogP contribution in [0.5, 0.6) is 5.75 Å². The molecule has 36 heavy (non-hydrogen) atoms. The lowest BCUT2D eigenvalue weighted by atomic mass is 9.95. The van der Waals surface area contributed by atoms with Crippen molar-refractivity contribution in [3.63, 3.8) is 0 Å². The van der Waals surface area contributed by atoms with Crippen LogP contribution in [-0.4, -0.2) is 57.8 Å². The van der Waals surface area contributed by atoms with E-state index in [1.54, 1.807) is 24.4 Å². The van der Waals surface area contributed by atoms with Crippen LogP contribution in [0, 0.1) is 0 Å². The first kappa shape index (κ1) is 24.6. The summed E-state index contributed by atoms with van der Waals surface area (Å²) >= 11 is 0. The van der Waals surface area contributed by atoms with Gasteiger partial charge in [0.25, 0.3) is 0 Å². The van der Waals surface area contributed by atoms with Gasteiger partial charge in [-0.3, -0.25) is 14.4 Å². The molecule has 4 rings (SSSR count). The topological polar surface area (TPSA) is 150 Å². The van der Waals surface area contributed by atoms with Crippen molar-refractivity contribution in [2.24, 2.45) is 0 Å². The number of carboxylic acid groups (broad SMARTS) is 1. The summed E-state index contributed by atoms with van der Waals surface area (Å²) in [6.07, 6.45) is 3.94. The number of nitrogens with zero attached hydrogens (tertiary/aromatic N) is 1. The first-order valence-corrected chi connectivity index (χ1v) is 11.5. The molecule has 1 aliphatic rings. The number of H-pyrrole nitrogens is 1. The number of ether oxygens (including phenoxy) is 1. The van der Waals surface area contributed by atoms with E-state index in [9.17, 15) is 24.3 Å². The summed E-state index contributed by atoms with van der Waals surface area (Å²) in [5.41, 5.74) is 2.55. The molecule has 0 saturated heterocycles. The maximum Gasteiger partial charge on any atom is 0.326 e. The minimum Gasteiger partial charge on any atom is -0.493 e. The van der Waals surface area contributed by atoms with E-state index in [2.05, 4.69) is 20.6 Å². The average Bonchev–Trinajstić information content (AvgIpc) is 3.53. The van der Waals surface area contributed by atoms with Gasteiger partial charge in [-0.25, -0.2) is 9.78 Å². The fraction of sp³-hybridized carbons (Fsp3) is 0.269. The lowest BCUT2D eigenvalue weighted by molar-refractivity contribution is -0.142. The molecule has 3 aromatic rings. The summed E-state index contributed by atoms with van der Waals surface area (Å²) in [4.78, 5) is 55.9. The van der Waals surface area contributed by atoms with Gasteiger partial charge >= 0.3 is 5.97 Å². The Bertz CT molecular complexity index is 1230. The third-order valence-electron chi connectivity index (χ3n) is 6.00. The van der Waals surface area contributed by atoms with Gasteiger partial charge < -0.3 is 25.5 Å². The van der Waals surface area contributed by atoms with Gasteiger partial charge in [-0.05, 0) is 23.8 Å². The van der Waals surface area contributed by atoms with Crippen LogP contribution in [0.25, 0.3) is 0 Å². The quantitative estimate of drug-likeness (QED) is 0.298. The highest BCUT2D eigenvalue weighted by Crippen LogP contribution is 2.36. The van der Waals surface area contributed by atoms with Crippen molar-refractivity contribution < 1.29 is 29.0 Å². The zero-order valence-corrected chi connectivity index (χ0v) is 19.3. The predicted molar refractivity (Wildman–Crippen MR) is 129 cm³/mol. The molecule has 2 aromatic carbocycles. The van der Waals surface area contributed by atoms with E-state index in [1.165, 1.54) is 6.33 Å². The third-order valence-corrected chi connectivity index (χ3v) is 6.00. The van der Waals surface area contributed by atoms with E-state index >= 15 is 0 Å². The van der Waals surface area contributed by atoms with Gasteiger partial charge in [0.05, 0.1) is 18.6 Å². The van der Waals surface area contributed by atoms with E-state index < -0.39 is 24.0 Å². The summed E-state index contributed by atoms with van der Waals surface area (Å²) in [6.45, 7) is 0.283. The molecule has 0 aliphatic carbocycles. The third kappa shape index (κ3) is 6.15. The van der Waals surface area contributed by atoms with E-state index in [4.69, 9.17) is 4.74 Å². The molecule has 0 spiro atoms. The number of amides is 2. The number of carbonyl (C=O) groups excluding carboxylic acids is 3. The number of nitrogens with one attached hydrogen (secondary N) is 3. The Morgan fingerprint density at radius 3 is 2.61 bits per heavy atom. The molecule has 2 amide bonds. The Morgan fingerprint density at radius 1 is 1.11 bits per heavy atom. The first-order valence-electron chi connectivity index (χ1n) is 11.5. The molecule has 10 heteroatoms. The normalized spacial score (nSPS) is 15.7. The number of imidazole rings is 1. The summed E-state index contributed by atoms with van der Waals surface area (Å²) in [6, 6.07) is 12.0. The minimum atomic E-state index is -1.21. The van der Waals surface area contributed by atoms with Crippen LogP contribution in [0.4, 0.5) is 0 Å². The number of benzene rings is 2. The molecule has 3 atom stereocenters. The SMILES string of the molecule is O=Cc1ccc2c(c1)C(CC(=O)N[C@@H](Cc1ccccc1)C(=O)N[C@@H](Cc1c[nH]cn1)C(=O)O)CO2. The molecule has 0 bridgehead atoms. The Labute approximate surface area is 207 Å². The van der Waals surface area contributed by atoms with Crippen molar-refractivity contribution >= 4 is 24.1 Å². The lowest BCUT2D eigenvalue weighted by Crippen LogP contribution is -2.53. The van der Waals surface area contributed by atoms with Gasteiger partial charge in [-0.2, -0.15) is 0 Å². The molecule has 186 valence electrons. The maximum absolute atomic E-state index is 13.2. The number of aldehydes is 1. The molecule has 10 nitrogen and oxygen atoms in total. The second kappa shape index (κ2) is 11.3. The van der Waals surface area contributed by atoms with Gasteiger partial charge in [0.1, 0.15) is 24.1 Å². The van der Waals surface area contributed by atoms with Crippen LogP contribution in [0.1, 0.15) is 39.5 Å². The van der Waals surface area contributed by atoms with E-state index in [0.717, 1.165) is 17.4 Å². The van der Waals surface area contributed by atoms with Gasteiger partial charge in [0.15, 0.2) is 0 Å². The van der Waals surface area contributed by atoms with Crippen LogP contribution in [0.15, 0.2) is 61.1 Å². The number of carbonyl (C=O) groups is 4. The Balaban J connectivity index is 1.46. The van der Waals surface area contributed by atoms with Crippen LogP contribution in [0.3, 0.4) is 0 Å². The molecule has 1 aliphatic heterocycles. The fourth-order valence-corrected chi connectivity index (χ4v) is 4.16. The summed E-state index contributed by atoms with van der Waals surface area (Å²) in [7, 11) is 0. The van der Waals surface area contributed by atoms with Crippen molar-refractivity contribution in [3.8, 4) is 5.75 Å². The molecule has 1 aromatic heterocycles. The van der Waals surface area contributed by atoms with Crippen molar-refractivity contribution in [3.05, 3.63) is 83.4 Å².